The molecule has 2 aromatic heterocycles. The molecule has 0 aliphatic rings. The first kappa shape index (κ1) is 13.4. The van der Waals surface area contributed by atoms with Crippen LogP contribution in [-0.4, -0.2) is 14.2 Å². The van der Waals surface area contributed by atoms with E-state index in [4.69, 9.17) is 16.3 Å². The number of ether oxygens (including phenoxy) is 1. The van der Waals surface area contributed by atoms with Crippen LogP contribution in [0.2, 0.25) is 4.34 Å². The zero-order chi connectivity index (χ0) is 12.4. The van der Waals surface area contributed by atoms with E-state index in [0.29, 0.717) is 0 Å². The van der Waals surface area contributed by atoms with Crippen molar-refractivity contribution in [2.24, 2.45) is 0 Å². The Morgan fingerprint density at radius 3 is 2.82 bits per heavy atom. The summed E-state index contributed by atoms with van der Waals surface area (Å²) < 4.78 is 7.07. The van der Waals surface area contributed by atoms with Crippen LogP contribution in [-0.2, 0) is 0 Å². The van der Waals surface area contributed by atoms with Crippen molar-refractivity contribution >= 4 is 50.2 Å². The summed E-state index contributed by atoms with van der Waals surface area (Å²) >= 11 is 12.8. The molecule has 2 nitrogen and oxygen atoms in total. The molecule has 0 aliphatic heterocycles. The van der Waals surface area contributed by atoms with Gasteiger partial charge in [-0.1, -0.05) is 11.6 Å². The lowest BCUT2D eigenvalue weighted by atomic mass is 10.2. The van der Waals surface area contributed by atoms with Gasteiger partial charge in [-0.05, 0) is 40.5 Å². The van der Waals surface area contributed by atoms with E-state index in [0.717, 1.165) is 14.6 Å². The van der Waals surface area contributed by atoms with E-state index in [-0.39, 0.29) is 6.04 Å². The third-order valence-corrected chi connectivity index (χ3v) is 5.88. The molecule has 0 bridgehead atoms. The standard InChI is InChI=1S/C11H11BrClNOS2/c1-14-9(8-5-6(12)11(13)17-8)10-7(15-2)3-4-16-10/h3-5,9,14H,1-2H3. The van der Waals surface area contributed by atoms with Crippen molar-refractivity contribution in [1.29, 1.82) is 0 Å². The van der Waals surface area contributed by atoms with Crippen LogP contribution in [0, 0.1) is 0 Å². The quantitative estimate of drug-likeness (QED) is 0.872. The van der Waals surface area contributed by atoms with Crippen LogP contribution in [0.3, 0.4) is 0 Å². The van der Waals surface area contributed by atoms with Crippen molar-refractivity contribution in [2.45, 2.75) is 6.04 Å². The molecule has 92 valence electrons. The lowest BCUT2D eigenvalue weighted by molar-refractivity contribution is 0.409. The molecular formula is C11H11BrClNOS2. The van der Waals surface area contributed by atoms with Crippen molar-refractivity contribution in [2.75, 3.05) is 14.2 Å². The fourth-order valence-electron chi connectivity index (χ4n) is 1.60. The highest BCUT2D eigenvalue weighted by atomic mass is 79.9. The van der Waals surface area contributed by atoms with Gasteiger partial charge in [0, 0.05) is 9.35 Å². The second-order valence-electron chi connectivity index (χ2n) is 3.35. The van der Waals surface area contributed by atoms with Gasteiger partial charge in [-0.3, -0.25) is 0 Å². The van der Waals surface area contributed by atoms with Crippen LogP contribution in [0.25, 0.3) is 0 Å². The van der Waals surface area contributed by atoms with Gasteiger partial charge in [0.1, 0.15) is 10.1 Å². The second-order valence-corrected chi connectivity index (χ2v) is 6.83. The van der Waals surface area contributed by atoms with Crippen molar-refractivity contribution in [3.63, 3.8) is 0 Å². The predicted molar refractivity (Wildman–Crippen MR) is 78.8 cm³/mol. The molecule has 1 N–H and O–H groups in total. The maximum Gasteiger partial charge on any atom is 0.134 e. The molecule has 2 aromatic rings. The normalized spacial score (nSPS) is 12.7. The van der Waals surface area contributed by atoms with Gasteiger partial charge in [-0.25, -0.2) is 0 Å². The van der Waals surface area contributed by atoms with Gasteiger partial charge in [0.15, 0.2) is 0 Å². The lowest BCUT2D eigenvalue weighted by Gasteiger charge is -2.14. The van der Waals surface area contributed by atoms with Crippen LogP contribution in [0.4, 0.5) is 0 Å². The molecule has 0 spiro atoms. The Morgan fingerprint density at radius 1 is 1.53 bits per heavy atom. The predicted octanol–water partition coefficient (Wildman–Crippen LogP) is 4.54. The zero-order valence-corrected chi connectivity index (χ0v) is 13.3. The summed E-state index contributed by atoms with van der Waals surface area (Å²) in [6.07, 6.45) is 0. The van der Waals surface area contributed by atoms with Crippen molar-refractivity contribution in [3.05, 3.63) is 36.1 Å². The Balaban J connectivity index is 2.40. The third-order valence-electron chi connectivity index (χ3n) is 2.38. The maximum atomic E-state index is 6.08. The third kappa shape index (κ3) is 2.69. The Hall–Kier alpha value is -0.0700. The van der Waals surface area contributed by atoms with E-state index in [2.05, 4.69) is 21.2 Å². The number of rotatable bonds is 4. The molecule has 0 saturated carbocycles. The molecule has 0 aromatic carbocycles. The number of halogens is 2. The van der Waals surface area contributed by atoms with Crippen LogP contribution in [0.1, 0.15) is 15.8 Å². The average Bonchev–Trinajstić information content (AvgIpc) is 2.89. The molecule has 1 unspecified atom stereocenters. The topological polar surface area (TPSA) is 21.3 Å². The molecule has 1 atom stereocenters. The molecule has 0 amide bonds. The Bertz CT molecular complexity index is 492. The summed E-state index contributed by atoms with van der Waals surface area (Å²) in [6.45, 7) is 0. The first-order valence-corrected chi connectivity index (χ1v) is 7.77. The summed E-state index contributed by atoms with van der Waals surface area (Å²) in [7, 11) is 3.63. The molecule has 0 fully saturated rings. The molecule has 0 saturated heterocycles. The first-order chi connectivity index (χ1) is 8.17. The maximum absolute atomic E-state index is 6.08. The monoisotopic (exact) mass is 351 g/mol. The van der Waals surface area contributed by atoms with Gasteiger partial charge in [0.25, 0.3) is 0 Å². The number of hydrogen-bond acceptors (Lipinski definition) is 4. The van der Waals surface area contributed by atoms with E-state index < -0.39 is 0 Å². The average molecular weight is 353 g/mol. The molecule has 0 radical (unpaired) electrons. The molecule has 2 heterocycles. The Kier molecular flexibility index (Phi) is 4.49. The highest BCUT2D eigenvalue weighted by Gasteiger charge is 2.21. The summed E-state index contributed by atoms with van der Waals surface area (Å²) in [4.78, 5) is 2.34. The number of nitrogens with one attached hydrogen (secondary N) is 1. The smallest absolute Gasteiger partial charge is 0.134 e. The number of methoxy groups -OCH3 is 1. The van der Waals surface area contributed by atoms with E-state index in [1.165, 1.54) is 9.75 Å². The van der Waals surface area contributed by atoms with Crippen molar-refractivity contribution in [1.82, 2.24) is 5.32 Å². The Labute approximate surface area is 122 Å². The SMILES string of the molecule is CNC(c1cc(Br)c(Cl)s1)c1sccc1OC. The molecule has 6 heteroatoms. The van der Waals surface area contributed by atoms with Crippen LogP contribution >= 0.6 is 50.2 Å². The summed E-state index contributed by atoms with van der Waals surface area (Å²) in [5.74, 6) is 0.912. The largest absolute Gasteiger partial charge is 0.496 e. The lowest BCUT2D eigenvalue weighted by Crippen LogP contribution is -2.15. The van der Waals surface area contributed by atoms with Crippen LogP contribution in [0.5, 0.6) is 5.75 Å². The van der Waals surface area contributed by atoms with Gasteiger partial charge >= 0.3 is 0 Å². The number of thiophene rings is 2. The molecule has 0 aliphatic carbocycles. The highest BCUT2D eigenvalue weighted by Crippen LogP contribution is 2.41. The Morgan fingerprint density at radius 2 is 2.29 bits per heavy atom. The fourth-order valence-corrected chi connectivity index (χ4v) is 4.51. The van der Waals surface area contributed by atoms with E-state index in [1.54, 1.807) is 29.8 Å². The van der Waals surface area contributed by atoms with Crippen LogP contribution < -0.4 is 10.1 Å². The molecule has 2 rings (SSSR count). The second kappa shape index (κ2) is 5.71. The summed E-state index contributed by atoms with van der Waals surface area (Å²) in [5, 5.41) is 5.33. The van der Waals surface area contributed by atoms with Gasteiger partial charge in [-0.2, -0.15) is 0 Å². The summed E-state index contributed by atoms with van der Waals surface area (Å²) in [5.41, 5.74) is 0. The van der Waals surface area contributed by atoms with Gasteiger partial charge in [-0.15, -0.1) is 22.7 Å². The van der Waals surface area contributed by atoms with Crippen molar-refractivity contribution in [3.8, 4) is 5.75 Å². The van der Waals surface area contributed by atoms with E-state index in [1.807, 2.05) is 24.6 Å². The van der Waals surface area contributed by atoms with Gasteiger partial charge in [0.05, 0.1) is 18.0 Å². The number of hydrogen-bond donors (Lipinski definition) is 1. The first-order valence-electron chi connectivity index (χ1n) is 4.90. The molecular weight excluding hydrogens is 342 g/mol. The minimum atomic E-state index is 0.124. The minimum Gasteiger partial charge on any atom is -0.496 e. The zero-order valence-electron chi connectivity index (χ0n) is 9.29. The van der Waals surface area contributed by atoms with Crippen LogP contribution in [0.15, 0.2) is 22.0 Å². The fraction of sp³-hybridized carbons (Fsp3) is 0.273. The van der Waals surface area contributed by atoms with E-state index in [9.17, 15) is 0 Å². The van der Waals surface area contributed by atoms with Crippen molar-refractivity contribution < 1.29 is 4.74 Å². The van der Waals surface area contributed by atoms with Gasteiger partial charge in [0.2, 0.25) is 0 Å². The summed E-state index contributed by atoms with van der Waals surface area (Å²) in [6, 6.07) is 4.15. The van der Waals surface area contributed by atoms with Gasteiger partial charge < -0.3 is 10.1 Å². The molecule has 17 heavy (non-hydrogen) atoms. The highest BCUT2D eigenvalue weighted by molar-refractivity contribution is 9.10. The van der Waals surface area contributed by atoms with E-state index >= 15 is 0 Å². The minimum absolute atomic E-state index is 0.124.